The van der Waals surface area contributed by atoms with Crippen LogP contribution in [0.15, 0.2) is 24.3 Å². The van der Waals surface area contributed by atoms with Gasteiger partial charge in [-0.05, 0) is 93.9 Å². The predicted octanol–water partition coefficient (Wildman–Crippen LogP) is 5.62. The maximum absolute atomic E-state index is 13.8. The number of fused-ring (bicyclic) bond motifs is 5. The summed E-state index contributed by atoms with van der Waals surface area (Å²) in [5, 5.41) is 25.8. The minimum Gasteiger partial charge on any atom is -0.387 e. The molecule has 1 spiro atoms. The SMILES string of the molecule is C=C(C)[C@H]1O[C@H]2CC[C@@]3(C)[C@@](O)(CC[C@H]4[C@@H]5OC(C)(C)[C@H]6C[C@@H]7C(C)C(=O)c8ccc9[nH]c(c5c9c8[C@@H]76)[C@@]43C)[C@]23O[C@@H]3[C@H]1O. The van der Waals surface area contributed by atoms with Crippen LogP contribution in [0.25, 0.3) is 10.9 Å². The van der Waals surface area contributed by atoms with Crippen LogP contribution in [0, 0.1) is 29.1 Å². The highest BCUT2D eigenvalue weighted by Gasteiger charge is 2.86. The van der Waals surface area contributed by atoms with Gasteiger partial charge in [-0.15, -0.1) is 0 Å². The zero-order chi connectivity index (χ0) is 30.7. The summed E-state index contributed by atoms with van der Waals surface area (Å²) in [6.45, 7) is 17.3. The Balaban J connectivity index is 1.19. The third kappa shape index (κ3) is 2.50. The number of nitrogens with one attached hydrogen (secondary N) is 1. The third-order valence-electron chi connectivity index (χ3n) is 15.4. The number of hydrogen-bond donors (Lipinski definition) is 3. The van der Waals surface area contributed by atoms with Gasteiger partial charge in [0, 0.05) is 50.4 Å². The number of epoxide rings is 1. The van der Waals surface area contributed by atoms with Crippen LogP contribution >= 0.6 is 0 Å². The van der Waals surface area contributed by atoms with E-state index in [1.165, 1.54) is 16.5 Å². The van der Waals surface area contributed by atoms with Gasteiger partial charge in [-0.25, -0.2) is 0 Å². The molecule has 44 heavy (non-hydrogen) atoms. The largest absolute Gasteiger partial charge is 0.387 e. The lowest BCUT2D eigenvalue weighted by atomic mass is 9.40. The monoisotopic (exact) mass is 599 g/mol. The number of ether oxygens (including phenoxy) is 3. The smallest absolute Gasteiger partial charge is 0.166 e. The maximum Gasteiger partial charge on any atom is 0.166 e. The predicted molar refractivity (Wildman–Crippen MR) is 163 cm³/mol. The molecule has 10 rings (SSSR count). The van der Waals surface area contributed by atoms with Gasteiger partial charge in [-0.3, -0.25) is 4.79 Å². The van der Waals surface area contributed by atoms with Crippen molar-refractivity contribution in [2.24, 2.45) is 29.1 Å². The lowest BCUT2D eigenvalue weighted by Gasteiger charge is -2.66. The van der Waals surface area contributed by atoms with Gasteiger partial charge in [0.2, 0.25) is 0 Å². The summed E-state index contributed by atoms with van der Waals surface area (Å²) >= 11 is 0. The number of Topliss-reactive ketones (excluding diaryl/α,β-unsaturated/α-hetero) is 1. The van der Waals surface area contributed by atoms with Gasteiger partial charge in [-0.2, -0.15) is 0 Å². The van der Waals surface area contributed by atoms with Crippen LogP contribution in [0.4, 0.5) is 0 Å². The van der Waals surface area contributed by atoms with E-state index in [2.05, 4.69) is 58.3 Å². The summed E-state index contributed by atoms with van der Waals surface area (Å²) in [6, 6.07) is 4.19. The molecular weight excluding hydrogens is 554 g/mol. The third-order valence-corrected chi connectivity index (χ3v) is 15.4. The molecule has 7 nitrogen and oxygen atoms in total. The van der Waals surface area contributed by atoms with E-state index in [1.807, 2.05) is 6.92 Å². The van der Waals surface area contributed by atoms with Gasteiger partial charge >= 0.3 is 0 Å². The van der Waals surface area contributed by atoms with Gasteiger partial charge in [0.15, 0.2) is 11.4 Å². The van der Waals surface area contributed by atoms with Crippen LogP contribution in [0.2, 0.25) is 0 Å². The summed E-state index contributed by atoms with van der Waals surface area (Å²) < 4.78 is 20.4. The molecule has 234 valence electrons. The number of carbonyl (C=O) groups is 1. The molecule has 0 amide bonds. The van der Waals surface area contributed by atoms with E-state index in [0.29, 0.717) is 24.2 Å². The Morgan fingerprint density at radius 2 is 1.84 bits per heavy atom. The standard InChI is InChI=1S/C37H45NO6/c1-15(2)29-28(40)32-37(44-32)22(42-29)11-12-34(6)35(7)19(10-13-36(34,37)41)30-26-25-21(38-31(26)35)9-8-17-24(25)23-18(16(3)27(17)39)14-20(23)33(4,5)43-30/h8-9,16,18-20,22-23,28-30,32,38,40-41H,1,10-14H2,2-7H3/t16?,18-,19+,20+,22+,23+,28+,29-,30+,32-,34-,35-,36+,37+/m1/s1. The first kappa shape index (κ1) is 27.1. The fourth-order valence-corrected chi connectivity index (χ4v) is 12.9. The Morgan fingerprint density at radius 1 is 1.07 bits per heavy atom. The number of hydrogen-bond acceptors (Lipinski definition) is 6. The van der Waals surface area contributed by atoms with Crippen molar-refractivity contribution >= 4 is 16.7 Å². The number of rotatable bonds is 1. The minimum atomic E-state index is -1.20. The summed E-state index contributed by atoms with van der Waals surface area (Å²) in [4.78, 5) is 17.7. The average molecular weight is 600 g/mol. The van der Waals surface area contributed by atoms with Crippen molar-refractivity contribution in [3.8, 4) is 0 Å². The van der Waals surface area contributed by atoms with Crippen LogP contribution in [0.5, 0.6) is 0 Å². The summed E-state index contributed by atoms with van der Waals surface area (Å²) in [6.07, 6.45) is 1.65. The molecule has 7 heteroatoms. The Hall–Kier alpha value is -2.03. The molecule has 5 aliphatic carbocycles. The number of aromatic amines is 1. The van der Waals surface area contributed by atoms with Crippen molar-refractivity contribution in [3.63, 3.8) is 0 Å². The number of aliphatic hydroxyl groups excluding tert-OH is 1. The van der Waals surface area contributed by atoms with Crippen LogP contribution in [-0.2, 0) is 19.6 Å². The Kier molecular flexibility index (Phi) is 4.67. The average Bonchev–Trinajstić information content (AvgIpc) is 3.53. The number of benzene rings is 1. The number of aliphatic hydroxyl groups is 2. The van der Waals surface area contributed by atoms with Crippen molar-refractivity contribution in [3.05, 3.63) is 46.7 Å². The Morgan fingerprint density at radius 3 is 2.59 bits per heavy atom. The normalized spacial score (nSPS) is 53.4. The number of aromatic nitrogens is 1. The molecule has 0 bridgehead atoms. The van der Waals surface area contributed by atoms with Crippen molar-refractivity contribution in [2.45, 2.75) is 132 Å². The summed E-state index contributed by atoms with van der Waals surface area (Å²) in [7, 11) is 0. The first-order valence-electron chi connectivity index (χ1n) is 17.0. The molecule has 2 saturated heterocycles. The zero-order valence-corrected chi connectivity index (χ0v) is 26.7. The van der Waals surface area contributed by atoms with Crippen LogP contribution in [0.3, 0.4) is 0 Å². The molecule has 0 radical (unpaired) electrons. The molecular formula is C37H45NO6. The topological polar surface area (TPSA) is 104 Å². The molecule has 3 saturated carbocycles. The molecule has 1 aromatic carbocycles. The first-order valence-corrected chi connectivity index (χ1v) is 17.0. The van der Waals surface area contributed by atoms with Gasteiger partial charge in [-0.1, -0.05) is 27.4 Å². The first-order chi connectivity index (χ1) is 20.7. The Bertz CT molecular complexity index is 1730. The zero-order valence-electron chi connectivity index (χ0n) is 26.7. The van der Waals surface area contributed by atoms with Gasteiger partial charge in [0.05, 0.1) is 17.8 Å². The number of H-pyrrole nitrogens is 1. The molecule has 2 aromatic rings. The van der Waals surface area contributed by atoms with Gasteiger partial charge in [0.1, 0.15) is 23.9 Å². The molecule has 1 aromatic heterocycles. The van der Waals surface area contributed by atoms with E-state index >= 15 is 0 Å². The highest BCUT2D eigenvalue weighted by atomic mass is 16.7. The lowest BCUT2D eigenvalue weighted by Crippen LogP contribution is -2.76. The molecule has 8 aliphatic rings. The van der Waals surface area contributed by atoms with Crippen LogP contribution in [-0.4, -0.2) is 62.2 Å². The maximum atomic E-state index is 13.8. The van der Waals surface area contributed by atoms with E-state index in [-0.39, 0.29) is 35.4 Å². The van der Waals surface area contributed by atoms with E-state index < -0.39 is 40.3 Å². The fourth-order valence-electron chi connectivity index (χ4n) is 12.9. The van der Waals surface area contributed by atoms with Crippen molar-refractivity contribution in [1.82, 2.24) is 4.98 Å². The van der Waals surface area contributed by atoms with E-state index in [9.17, 15) is 15.0 Å². The molecule has 14 atom stereocenters. The molecule has 4 heterocycles. The quantitative estimate of drug-likeness (QED) is 0.290. The van der Waals surface area contributed by atoms with Crippen molar-refractivity contribution < 1.29 is 29.2 Å². The number of ketones is 1. The van der Waals surface area contributed by atoms with Gasteiger partial charge in [0.25, 0.3) is 0 Å². The molecule has 5 fully saturated rings. The van der Waals surface area contributed by atoms with E-state index in [4.69, 9.17) is 14.2 Å². The second-order valence-corrected chi connectivity index (χ2v) is 17.0. The van der Waals surface area contributed by atoms with Crippen molar-refractivity contribution in [2.75, 3.05) is 0 Å². The highest BCUT2D eigenvalue weighted by molar-refractivity contribution is 6.07. The second-order valence-electron chi connectivity index (χ2n) is 17.0. The van der Waals surface area contributed by atoms with Crippen LogP contribution in [0.1, 0.15) is 113 Å². The lowest BCUT2D eigenvalue weighted by molar-refractivity contribution is -0.275. The van der Waals surface area contributed by atoms with Crippen LogP contribution < -0.4 is 0 Å². The van der Waals surface area contributed by atoms with Crippen molar-refractivity contribution in [1.29, 1.82) is 0 Å². The van der Waals surface area contributed by atoms with E-state index in [1.54, 1.807) is 0 Å². The minimum absolute atomic E-state index is 0.0340. The molecule has 1 unspecified atom stereocenters. The van der Waals surface area contributed by atoms with Gasteiger partial charge < -0.3 is 29.4 Å². The molecule has 3 aliphatic heterocycles. The van der Waals surface area contributed by atoms with E-state index in [0.717, 1.165) is 48.0 Å². The Labute approximate surface area is 258 Å². The summed E-state index contributed by atoms with van der Waals surface area (Å²) in [5.74, 6) is 1.51. The second kappa shape index (κ2) is 7.57. The number of carbonyl (C=O) groups excluding carboxylic acids is 1. The summed E-state index contributed by atoms with van der Waals surface area (Å²) in [5.41, 5.74) is 2.91. The highest BCUT2D eigenvalue weighted by Crippen LogP contribution is 2.77. The molecule has 3 N–H and O–H groups in total. The fraction of sp³-hybridized carbons (Fsp3) is 0.703.